The van der Waals surface area contributed by atoms with Crippen LogP contribution < -0.4 is 4.31 Å². The number of anilines is 1. The Balaban J connectivity index is 2.13. The van der Waals surface area contributed by atoms with E-state index in [2.05, 4.69) is 4.98 Å². The van der Waals surface area contributed by atoms with Gasteiger partial charge >= 0.3 is 0 Å². The SMILES string of the molecule is Cc1ccc(N(Cc2cccnc2)S(=O)(=O)c2ccccc2C#N)cc1. The van der Waals surface area contributed by atoms with Crippen LogP contribution in [0, 0.1) is 18.3 Å². The fraction of sp³-hybridized carbons (Fsp3) is 0.100. The highest BCUT2D eigenvalue weighted by Crippen LogP contribution is 2.27. The van der Waals surface area contributed by atoms with E-state index < -0.39 is 10.0 Å². The topological polar surface area (TPSA) is 74.1 Å². The molecule has 2 aromatic carbocycles. The molecule has 0 aliphatic rings. The molecule has 130 valence electrons. The van der Waals surface area contributed by atoms with Crippen molar-refractivity contribution in [1.29, 1.82) is 5.26 Å². The van der Waals surface area contributed by atoms with Gasteiger partial charge in [-0.2, -0.15) is 5.26 Å². The maximum absolute atomic E-state index is 13.4. The zero-order valence-corrected chi connectivity index (χ0v) is 15.0. The van der Waals surface area contributed by atoms with E-state index in [0.29, 0.717) is 5.69 Å². The Kier molecular flexibility index (Phi) is 5.01. The van der Waals surface area contributed by atoms with Gasteiger partial charge in [-0.05, 0) is 42.8 Å². The van der Waals surface area contributed by atoms with Crippen molar-refractivity contribution in [2.24, 2.45) is 0 Å². The number of benzene rings is 2. The van der Waals surface area contributed by atoms with Crippen LogP contribution in [-0.2, 0) is 16.6 Å². The van der Waals surface area contributed by atoms with Gasteiger partial charge in [0.15, 0.2) is 0 Å². The average Bonchev–Trinajstić information content (AvgIpc) is 2.67. The average molecular weight is 363 g/mol. The van der Waals surface area contributed by atoms with Crippen LogP contribution in [0.2, 0.25) is 0 Å². The number of nitrogens with zero attached hydrogens (tertiary/aromatic N) is 3. The Hall–Kier alpha value is -3.17. The van der Waals surface area contributed by atoms with Gasteiger partial charge in [0.05, 0.1) is 17.8 Å². The van der Waals surface area contributed by atoms with Gasteiger partial charge < -0.3 is 0 Å². The summed E-state index contributed by atoms with van der Waals surface area (Å²) in [6, 6.07) is 19.0. The summed E-state index contributed by atoms with van der Waals surface area (Å²) < 4.78 is 28.0. The summed E-state index contributed by atoms with van der Waals surface area (Å²) in [6.45, 7) is 2.06. The number of hydrogen-bond acceptors (Lipinski definition) is 4. The van der Waals surface area contributed by atoms with E-state index in [0.717, 1.165) is 11.1 Å². The molecule has 0 saturated heterocycles. The first-order valence-corrected chi connectivity index (χ1v) is 9.44. The first-order chi connectivity index (χ1) is 12.5. The molecule has 5 nitrogen and oxygen atoms in total. The molecular formula is C20H17N3O2S. The van der Waals surface area contributed by atoms with Gasteiger partial charge in [0.25, 0.3) is 10.0 Å². The third-order valence-corrected chi connectivity index (χ3v) is 5.78. The highest BCUT2D eigenvalue weighted by atomic mass is 32.2. The predicted octanol–water partition coefficient (Wildman–Crippen LogP) is 3.66. The zero-order chi connectivity index (χ0) is 18.6. The monoisotopic (exact) mass is 363 g/mol. The lowest BCUT2D eigenvalue weighted by molar-refractivity contribution is 0.590. The lowest BCUT2D eigenvalue weighted by Gasteiger charge is -2.25. The van der Waals surface area contributed by atoms with Crippen molar-refractivity contribution in [3.63, 3.8) is 0 Å². The Morgan fingerprint density at radius 1 is 1.04 bits per heavy atom. The molecule has 0 atom stereocenters. The van der Waals surface area contributed by atoms with E-state index in [1.165, 1.54) is 16.4 Å². The zero-order valence-electron chi connectivity index (χ0n) is 14.2. The number of sulfonamides is 1. The second kappa shape index (κ2) is 7.38. The largest absolute Gasteiger partial charge is 0.265 e. The molecule has 0 aliphatic heterocycles. The van der Waals surface area contributed by atoms with Crippen LogP contribution in [0.25, 0.3) is 0 Å². The number of aromatic nitrogens is 1. The molecule has 0 spiro atoms. The molecule has 1 aromatic heterocycles. The molecule has 0 radical (unpaired) electrons. The van der Waals surface area contributed by atoms with Crippen LogP contribution in [0.3, 0.4) is 0 Å². The van der Waals surface area contributed by atoms with Crippen molar-refractivity contribution in [3.8, 4) is 6.07 Å². The third kappa shape index (κ3) is 3.58. The Morgan fingerprint density at radius 3 is 2.42 bits per heavy atom. The molecule has 3 rings (SSSR count). The van der Waals surface area contributed by atoms with Crippen LogP contribution in [0.4, 0.5) is 5.69 Å². The number of rotatable bonds is 5. The van der Waals surface area contributed by atoms with Crippen molar-refractivity contribution in [2.45, 2.75) is 18.4 Å². The van der Waals surface area contributed by atoms with Gasteiger partial charge in [-0.15, -0.1) is 0 Å². The van der Waals surface area contributed by atoms with E-state index >= 15 is 0 Å². The number of pyridine rings is 1. The first kappa shape index (κ1) is 17.6. The summed E-state index contributed by atoms with van der Waals surface area (Å²) in [4.78, 5) is 4.05. The van der Waals surface area contributed by atoms with Crippen LogP contribution >= 0.6 is 0 Å². The second-order valence-electron chi connectivity index (χ2n) is 5.82. The minimum atomic E-state index is -3.92. The maximum atomic E-state index is 13.4. The molecule has 26 heavy (non-hydrogen) atoms. The summed E-state index contributed by atoms with van der Waals surface area (Å²) >= 11 is 0. The highest BCUT2D eigenvalue weighted by Gasteiger charge is 2.27. The lowest BCUT2D eigenvalue weighted by atomic mass is 10.2. The number of nitriles is 1. The number of hydrogen-bond donors (Lipinski definition) is 0. The van der Waals surface area contributed by atoms with E-state index in [1.54, 1.807) is 42.7 Å². The van der Waals surface area contributed by atoms with Crippen molar-refractivity contribution < 1.29 is 8.42 Å². The fourth-order valence-electron chi connectivity index (χ4n) is 2.59. The molecule has 1 heterocycles. The third-order valence-electron chi connectivity index (χ3n) is 3.95. The van der Waals surface area contributed by atoms with Gasteiger partial charge in [-0.1, -0.05) is 35.9 Å². The van der Waals surface area contributed by atoms with Gasteiger partial charge in [-0.3, -0.25) is 9.29 Å². The van der Waals surface area contributed by atoms with Crippen molar-refractivity contribution in [2.75, 3.05) is 4.31 Å². The summed E-state index contributed by atoms with van der Waals surface area (Å²) in [5.41, 5.74) is 2.44. The molecule has 3 aromatic rings. The minimum absolute atomic E-state index is 0.00744. The Labute approximate surface area is 153 Å². The molecule has 6 heteroatoms. The summed E-state index contributed by atoms with van der Waals surface area (Å²) in [7, 11) is -3.92. The molecule has 0 unspecified atom stereocenters. The molecular weight excluding hydrogens is 346 g/mol. The Morgan fingerprint density at radius 2 is 1.77 bits per heavy atom. The molecule has 0 saturated carbocycles. The van der Waals surface area contributed by atoms with E-state index in [9.17, 15) is 13.7 Å². The molecule has 0 fully saturated rings. The highest BCUT2D eigenvalue weighted by molar-refractivity contribution is 7.92. The van der Waals surface area contributed by atoms with Crippen molar-refractivity contribution >= 4 is 15.7 Å². The van der Waals surface area contributed by atoms with Crippen molar-refractivity contribution in [3.05, 3.63) is 89.7 Å². The molecule has 0 bridgehead atoms. The van der Waals surface area contributed by atoms with Gasteiger partial charge in [0, 0.05) is 12.4 Å². The number of aryl methyl sites for hydroxylation is 1. The minimum Gasteiger partial charge on any atom is -0.264 e. The molecule has 0 N–H and O–H groups in total. The molecule has 0 amide bonds. The second-order valence-corrected chi connectivity index (χ2v) is 7.65. The van der Waals surface area contributed by atoms with Crippen LogP contribution in [0.5, 0.6) is 0 Å². The van der Waals surface area contributed by atoms with Crippen LogP contribution in [0.1, 0.15) is 16.7 Å². The summed E-state index contributed by atoms with van der Waals surface area (Å²) in [5, 5.41) is 9.32. The Bertz CT molecular complexity index is 1040. The lowest BCUT2D eigenvalue weighted by Crippen LogP contribution is -2.31. The van der Waals surface area contributed by atoms with Gasteiger partial charge in [0.2, 0.25) is 0 Å². The predicted molar refractivity (Wildman–Crippen MR) is 99.9 cm³/mol. The standard InChI is InChI=1S/C20H17N3O2S/c1-16-8-10-19(11-9-16)23(15-17-5-4-12-22-14-17)26(24,25)20-7-3-2-6-18(20)13-21/h2-12,14H,15H2,1H3. The van der Waals surface area contributed by atoms with Gasteiger partial charge in [-0.25, -0.2) is 8.42 Å². The smallest absolute Gasteiger partial charge is 0.264 e. The van der Waals surface area contributed by atoms with E-state index in [1.807, 2.05) is 31.2 Å². The normalized spacial score (nSPS) is 10.9. The maximum Gasteiger partial charge on any atom is 0.265 e. The van der Waals surface area contributed by atoms with Crippen molar-refractivity contribution in [1.82, 2.24) is 4.98 Å². The van der Waals surface area contributed by atoms with Crippen LogP contribution in [-0.4, -0.2) is 13.4 Å². The van der Waals surface area contributed by atoms with Gasteiger partial charge in [0.1, 0.15) is 11.0 Å². The summed E-state index contributed by atoms with van der Waals surface area (Å²) in [6.07, 6.45) is 3.27. The van der Waals surface area contributed by atoms with E-state index in [4.69, 9.17) is 0 Å². The summed E-state index contributed by atoms with van der Waals surface area (Å²) in [5.74, 6) is 0. The first-order valence-electron chi connectivity index (χ1n) is 8.00. The molecule has 0 aliphatic carbocycles. The fourth-order valence-corrected chi connectivity index (χ4v) is 4.18. The van der Waals surface area contributed by atoms with E-state index in [-0.39, 0.29) is 17.0 Å². The quantitative estimate of drug-likeness (QED) is 0.693. The van der Waals surface area contributed by atoms with Crippen LogP contribution in [0.15, 0.2) is 78.0 Å².